The summed E-state index contributed by atoms with van der Waals surface area (Å²) in [7, 11) is -3.90. The average Bonchev–Trinajstić information content (AvgIpc) is 2.61. The van der Waals surface area contributed by atoms with Crippen LogP contribution in [0.5, 0.6) is 5.75 Å². The number of hydrogen-bond donors (Lipinski definition) is 1. The van der Waals surface area contributed by atoms with Gasteiger partial charge in [-0.05, 0) is 29.7 Å². The van der Waals surface area contributed by atoms with Crippen LogP contribution in [0.4, 0.5) is 0 Å². The summed E-state index contributed by atoms with van der Waals surface area (Å²) < 4.78 is 32.2. The number of nitriles is 1. The number of sulfonamides is 1. The molecule has 128 valence electrons. The molecule has 0 aliphatic carbocycles. The lowest BCUT2D eigenvalue weighted by Crippen LogP contribution is -2.40. The molecule has 0 saturated heterocycles. The van der Waals surface area contributed by atoms with Crippen LogP contribution in [0.1, 0.15) is 16.7 Å². The maximum absolute atomic E-state index is 12.3. The number of nitrogens with one attached hydrogen (secondary N) is 1. The number of fused-ring (bicyclic) bond motifs is 1. The summed E-state index contributed by atoms with van der Waals surface area (Å²) in [5, 5.41) is 9.05. The molecule has 1 atom stereocenters. The molecule has 7 heteroatoms. The molecule has 0 fully saturated rings. The van der Waals surface area contributed by atoms with Crippen LogP contribution in [-0.4, -0.2) is 20.9 Å². The fourth-order valence-electron chi connectivity index (χ4n) is 2.73. The summed E-state index contributed by atoms with van der Waals surface area (Å²) in [6, 6.07) is 15.7. The molecular weight excluding hydrogens is 340 g/mol. The van der Waals surface area contributed by atoms with Gasteiger partial charge in [0.15, 0.2) is 0 Å². The fraction of sp³-hybridized carbons (Fsp3) is 0.222. The van der Waals surface area contributed by atoms with E-state index in [0.717, 1.165) is 11.3 Å². The van der Waals surface area contributed by atoms with E-state index in [1.165, 1.54) is 0 Å². The minimum absolute atomic E-state index is 0.132. The highest BCUT2D eigenvalue weighted by Gasteiger charge is 2.28. The van der Waals surface area contributed by atoms with Gasteiger partial charge in [0.2, 0.25) is 15.9 Å². The largest absolute Gasteiger partial charge is 0.492 e. The summed E-state index contributed by atoms with van der Waals surface area (Å²) >= 11 is 0. The van der Waals surface area contributed by atoms with Crippen LogP contribution in [0.15, 0.2) is 48.5 Å². The van der Waals surface area contributed by atoms with Gasteiger partial charge in [0.1, 0.15) is 12.4 Å². The molecule has 0 aromatic heterocycles. The van der Waals surface area contributed by atoms with Crippen LogP contribution in [0.2, 0.25) is 0 Å². The second kappa shape index (κ2) is 6.95. The van der Waals surface area contributed by atoms with Gasteiger partial charge in [-0.3, -0.25) is 9.52 Å². The van der Waals surface area contributed by atoms with Crippen LogP contribution >= 0.6 is 0 Å². The third-order valence-corrected chi connectivity index (χ3v) is 5.19. The molecule has 0 bridgehead atoms. The van der Waals surface area contributed by atoms with E-state index in [1.54, 1.807) is 24.3 Å². The first-order valence-corrected chi connectivity index (χ1v) is 9.37. The number of benzene rings is 2. The summed E-state index contributed by atoms with van der Waals surface area (Å²) in [6.45, 7) is 0.132. The zero-order chi connectivity index (χ0) is 17.9. The Bertz CT molecular complexity index is 948. The van der Waals surface area contributed by atoms with Crippen molar-refractivity contribution in [2.45, 2.75) is 12.2 Å². The van der Waals surface area contributed by atoms with E-state index in [9.17, 15) is 13.2 Å². The standard InChI is InChI=1S/C18H16N2O4S/c19-10-14-6-1-2-7-15(14)12-25(22,23)20-18(21)16-9-13-5-3-4-8-17(13)24-11-16/h1-8,16H,9,11-12H2,(H,20,21). The molecule has 6 nitrogen and oxygen atoms in total. The lowest BCUT2D eigenvalue weighted by molar-refractivity contribution is -0.124. The zero-order valence-corrected chi connectivity index (χ0v) is 14.1. The predicted octanol–water partition coefficient (Wildman–Crippen LogP) is 1.76. The van der Waals surface area contributed by atoms with Crippen molar-refractivity contribution < 1.29 is 17.9 Å². The molecule has 0 spiro atoms. The third kappa shape index (κ3) is 3.98. The minimum Gasteiger partial charge on any atom is -0.492 e. The molecule has 25 heavy (non-hydrogen) atoms. The number of amides is 1. The lowest BCUT2D eigenvalue weighted by atomic mass is 9.96. The molecule has 0 saturated carbocycles. The van der Waals surface area contributed by atoms with Gasteiger partial charge in [0.05, 0.1) is 23.3 Å². The summed E-state index contributed by atoms with van der Waals surface area (Å²) in [4.78, 5) is 12.3. The van der Waals surface area contributed by atoms with Gasteiger partial charge in [-0.2, -0.15) is 5.26 Å². The normalized spacial score (nSPS) is 16.2. The van der Waals surface area contributed by atoms with Gasteiger partial charge in [-0.1, -0.05) is 36.4 Å². The molecular formula is C18H16N2O4S. The third-order valence-electron chi connectivity index (χ3n) is 3.99. The summed E-state index contributed by atoms with van der Waals surface area (Å²) in [5.41, 5.74) is 1.51. The van der Waals surface area contributed by atoms with Crippen LogP contribution in [-0.2, 0) is 27.0 Å². The van der Waals surface area contributed by atoms with E-state index < -0.39 is 27.6 Å². The van der Waals surface area contributed by atoms with Crippen LogP contribution in [0.3, 0.4) is 0 Å². The highest BCUT2D eigenvalue weighted by molar-refractivity contribution is 7.89. The van der Waals surface area contributed by atoms with Crippen molar-refractivity contribution in [1.82, 2.24) is 4.72 Å². The molecule has 0 radical (unpaired) electrons. The smallest absolute Gasteiger partial charge is 0.240 e. The van der Waals surface area contributed by atoms with E-state index in [2.05, 4.69) is 4.72 Å². The van der Waals surface area contributed by atoms with Crippen molar-refractivity contribution in [2.75, 3.05) is 6.61 Å². The summed E-state index contributed by atoms with van der Waals surface area (Å²) in [6.07, 6.45) is 0.423. The Kier molecular flexibility index (Phi) is 4.72. The predicted molar refractivity (Wildman–Crippen MR) is 91.1 cm³/mol. The van der Waals surface area contributed by atoms with E-state index in [0.29, 0.717) is 12.0 Å². The van der Waals surface area contributed by atoms with E-state index >= 15 is 0 Å². The average molecular weight is 356 g/mol. The molecule has 1 amide bonds. The number of hydrogen-bond acceptors (Lipinski definition) is 5. The Morgan fingerprint density at radius 1 is 1.20 bits per heavy atom. The Labute approximate surface area is 146 Å². The maximum atomic E-state index is 12.3. The number of ether oxygens (including phenoxy) is 1. The van der Waals surface area contributed by atoms with Gasteiger partial charge in [-0.15, -0.1) is 0 Å². The molecule has 2 aromatic rings. The first-order valence-electron chi connectivity index (χ1n) is 7.71. The number of para-hydroxylation sites is 1. The Morgan fingerprint density at radius 3 is 2.72 bits per heavy atom. The molecule has 3 rings (SSSR count). The van der Waals surface area contributed by atoms with Crippen molar-refractivity contribution in [3.05, 3.63) is 65.2 Å². The zero-order valence-electron chi connectivity index (χ0n) is 13.3. The van der Waals surface area contributed by atoms with Gasteiger partial charge in [0, 0.05) is 0 Å². The maximum Gasteiger partial charge on any atom is 0.240 e. The molecule has 1 unspecified atom stereocenters. The Balaban J connectivity index is 1.69. The monoisotopic (exact) mass is 356 g/mol. The number of nitrogens with zero attached hydrogens (tertiary/aromatic N) is 1. The number of rotatable bonds is 4. The highest BCUT2D eigenvalue weighted by atomic mass is 32.2. The van der Waals surface area contributed by atoms with Crippen LogP contribution < -0.4 is 9.46 Å². The quantitative estimate of drug-likeness (QED) is 0.900. The minimum atomic E-state index is -3.90. The van der Waals surface area contributed by atoms with Crippen molar-refractivity contribution in [2.24, 2.45) is 5.92 Å². The Morgan fingerprint density at radius 2 is 1.92 bits per heavy atom. The topological polar surface area (TPSA) is 96.3 Å². The lowest BCUT2D eigenvalue weighted by Gasteiger charge is -2.24. The van der Waals surface area contributed by atoms with Crippen molar-refractivity contribution in [1.29, 1.82) is 5.26 Å². The van der Waals surface area contributed by atoms with Crippen molar-refractivity contribution >= 4 is 15.9 Å². The summed E-state index contributed by atoms with van der Waals surface area (Å²) in [5.74, 6) is -0.871. The van der Waals surface area contributed by atoms with Gasteiger partial charge >= 0.3 is 0 Å². The molecule has 1 aliphatic heterocycles. The molecule has 1 N–H and O–H groups in total. The van der Waals surface area contributed by atoms with Crippen LogP contribution in [0.25, 0.3) is 0 Å². The van der Waals surface area contributed by atoms with E-state index in [1.807, 2.05) is 30.3 Å². The van der Waals surface area contributed by atoms with Gasteiger partial charge in [0.25, 0.3) is 0 Å². The van der Waals surface area contributed by atoms with E-state index in [-0.39, 0.29) is 12.2 Å². The van der Waals surface area contributed by atoms with Gasteiger partial charge in [-0.25, -0.2) is 8.42 Å². The second-order valence-corrected chi connectivity index (χ2v) is 7.54. The van der Waals surface area contributed by atoms with Crippen molar-refractivity contribution in [3.8, 4) is 11.8 Å². The number of carbonyl (C=O) groups excluding carboxylic acids is 1. The molecule has 1 aliphatic rings. The highest BCUT2D eigenvalue weighted by Crippen LogP contribution is 2.27. The van der Waals surface area contributed by atoms with Gasteiger partial charge < -0.3 is 4.74 Å². The first kappa shape index (κ1) is 17.0. The van der Waals surface area contributed by atoms with Crippen molar-refractivity contribution in [3.63, 3.8) is 0 Å². The second-order valence-electron chi connectivity index (χ2n) is 5.81. The molecule has 2 aromatic carbocycles. The first-order chi connectivity index (χ1) is 12.0. The van der Waals surface area contributed by atoms with E-state index in [4.69, 9.17) is 10.00 Å². The van der Waals surface area contributed by atoms with Crippen LogP contribution in [0, 0.1) is 17.2 Å². The molecule has 1 heterocycles. The Hall–Kier alpha value is -2.85. The number of carbonyl (C=O) groups is 1. The SMILES string of the molecule is N#Cc1ccccc1CS(=O)(=O)NC(=O)C1COc2ccccc2C1. The fourth-order valence-corrected chi connectivity index (χ4v) is 3.94.